The fourth-order valence-corrected chi connectivity index (χ4v) is 2.51. The van der Waals surface area contributed by atoms with Crippen LogP contribution in [0.2, 0.25) is 0 Å². The molecule has 0 spiro atoms. The van der Waals surface area contributed by atoms with Crippen molar-refractivity contribution in [1.29, 1.82) is 0 Å². The Labute approximate surface area is 110 Å². The predicted octanol–water partition coefficient (Wildman–Crippen LogP) is 1.77. The first-order valence-corrected chi connectivity index (χ1v) is 6.92. The van der Waals surface area contributed by atoms with Crippen molar-refractivity contribution in [3.8, 4) is 0 Å². The number of hydrogen-bond donors (Lipinski definition) is 1. The van der Waals surface area contributed by atoms with Gasteiger partial charge in [-0.2, -0.15) is 5.10 Å². The minimum atomic E-state index is 0.208. The molecule has 102 valence electrons. The average molecular weight is 250 g/mol. The van der Waals surface area contributed by atoms with Gasteiger partial charge in [-0.1, -0.05) is 0 Å². The molecular weight excluding hydrogens is 224 g/mol. The monoisotopic (exact) mass is 250 g/mol. The van der Waals surface area contributed by atoms with Gasteiger partial charge in [-0.3, -0.25) is 9.58 Å². The van der Waals surface area contributed by atoms with Crippen LogP contribution in [0.1, 0.15) is 39.3 Å². The smallest absolute Gasteiger partial charge is 0.0764 e. The Balaban J connectivity index is 1.87. The molecule has 1 aromatic heterocycles. The normalized spacial score (nSPS) is 21.7. The highest BCUT2D eigenvalue weighted by Gasteiger charge is 2.26. The Kier molecular flexibility index (Phi) is 4.07. The van der Waals surface area contributed by atoms with Gasteiger partial charge < -0.3 is 5.32 Å². The first kappa shape index (κ1) is 13.6. The molecule has 1 N–H and O–H groups in total. The second-order valence-electron chi connectivity index (χ2n) is 6.38. The van der Waals surface area contributed by atoms with Crippen LogP contribution in [0.5, 0.6) is 0 Å². The van der Waals surface area contributed by atoms with Gasteiger partial charge in [0, 0.05) is 37.9 Å². The standard InChI is InChI=1S/C14H26N4/c1-14(2,3)15-10-13-6-5-8-18(13)11-12-7-9-17(4)16-12/h7,9,13,15H,5-6,8,10-11H2,1-4H3. The molecule has 0 amide bonds. The minimum absolute atomic E-state index is 0.208. The second kappa shape index (κ2) is 5.41. The van der Waals surface area contributed by atoms with Crippen molar-refractivity contribution in [3.63, 3.8) is 0 Å². The summed E-state index contributed by atoms with van der Waals surface area (Å²) in [5, 5.41) is 8.09. The van der Waals surface area contributed by atoms with Gasteiger partial charge in [0.05, 0.1) is 5.69 Å². The van der Waals surface area contributed by atoms with Gasteiger partial charge in [0.1, 0.15) is 0 Å². The molecule has 0 aliphatic carbocycles. The molecule has 0 bridgehead atoms. The maximum atomic E-state index is 4.47. The van der Waals surface area contributed by atoms with E-state index < -0.39 is 0 Å². The van der Waals surface area contributed by atoms with Gasteiger partial charge in [-0.15, -0.1) is 0 Å². The average Bonchev–Trinajstić information content (AvgIpc) is 2.85. The number of likely N-dealkylation sites (tertiary alicyclic amines) is 1. The van der Waals surface area contributed by atoms with Crippen molar-refractivity contribution in [3.05, 3.63) is 18.0 Å². The lowest BCUT2D eigenvalue weighted by atomic mass is 10.1. The largest absolute Gasteiger partial charge is 0.311 e. The summed E-state index contributed by atoms with van der Waals surface area (Å²) < 4.78 is 1.88. The number of nitrogens with zero attached hydrogens (tertiary/aromatic N) is 3. The van der Waals surface area contributed by atoms with Crippen molar-refractivity contribution in [1.82, 2.24) is 20.0 Å². The van der Waals surface area contributed by atoms with E-state index in [2.05, 4.69) is 42.2 Å². The van der Waals surface area contributed by atoms with E-state index in [1.807, 2.05) is 17.9 Å². The minimum Gasteiger partial charge on any atom is -0.311 e. The molecule has 1 aliphatic heterocycles. The molecule has 1 aliphatic rings. The van der Waals surface area contributed by atoms with Crippen LogP contribution >= 0.6 is 0 Å². The third-order valence-electron chi connectivity index (χ3n) is 3.50. The van der Waals surface area contributed by atoms with Gasteiger partial charge >= 0.3 is 0 Å². The molecule has 0 radical (unpaired) electrons. The van der Waals surface area contributed by atoms with Crippen LogP contribution in [0.15, 0.2) is 12.3 Å². The summed E-state index contributed by atoms with van der Waals surface area (Å²) in [4.78, 5) is 2.56. The first-order chi connectivity index (χ1) is 8.44. The van der Waals surface area contributed by atoms with E-state index in [0.717, 1.165) is 13.1 Å². The van der Waals surface area contributed by atoms with E-state index in [1.54, 1.807) is 0 Å². The van der Waals surface area contributed by atoms with Gasteiger partial charge in [-0.25, -0.2) is 0 Å². The van der Waals surface area contributed by atoms with Crippen molar-refractivity contribution in [2.24, 2.45) is 7.05 Å². The Morgan fingerprint density at radius 2 is 2.22 bits per heavy atom. The van der Waals surface area contributed by atoms with Crippen LogP contribution in [-0.2, 0) is 13.6 Å². The Morgan fingerprint density at radius 1 is 1.44 bits per heavy atom. The van der Waals surface area contributed by atoms with E-state index in [4.69, 9.17) is 0 Å². The first-order valence-electron chi connectivity index (χ1n) is 6.92. The molecule has 0 aromatic carbocycles. The molecular formula is C14H26N4. The highest BCUT2D eigenvalue weighted by Crippen LogP contribution is 2.19. The zero-order chi connectivity index (χ0) is 13.2. The molecule has 2 rings (SSSR count). The van der Waals surface area contributed by atoms with E-state index in [-0.39, 0.29) is 5.54 Å². The fourth-order valence-electron chi connectivity index (χ4n) is 2.51. The van der Waals surface area contributed by atoms with E-state index in [1.165, 1.54) is 25.1 Å². The summed E-state index contributed by atoms with van der Waals surface area (Å²) in [6.07, 6.45) is 4.63. The van der Waals surface area contributed by atoms with Crippen LogP contribution in [0.25, 0.3) is 0 Å². The second-order valence-corrected chi connectivity index (χ2v) is 6.38. The van der Waals surface area contributed by atoms with Gasteiger partial charge in [0.25, 0.3) is 0 Å². The highest BCUT2D eigenvalue weighted by molar-refractivity contribution is 5.00. The zero-order valence-corrected chi connectivity index (χ0v) is 12.1. The van der Waals surface area contributed by atoms with Gasteiger partial charge in [0.2, 0.25) is 0 Å². The Bertz CT molecular complexity index is 377. The molecule has 1 saturated heterocycles. The summed E-state index contributed by atoms with van der Waals surface area (Å²) in [5.74, 6) is 0. The van der Waals surface area contributed by atoms with E-state index in [0.29, 0.717) is 6.04 Å². The third kappa shape index (κ3) is 3.82. The predicted molar refractivity (Wildman–Crippen MR) is 74.4 cm³/mol. The molecule has 4 heteroatoms. The third-order valence-corrected chi connectivity index (χ3v) is 3.50. The number of aryl methyl sites for hydroxylation is 1. The quantitative estimate of drug-likeness (QED) is 0.884. The highest BCUT2D eigenvalue weighted by atomic mass is 15.3. The summed E-state index contributed by atoms with van der Waals surface area (Å²) in [6.45, 7) is 9.95. The van der Waals surface area contributed by atoms with Crippen LogP contribution in [0, 0.1) is 0 Å². The molecule has 1 fully saturated rings. The maximum Gasteiger partial charge on any atom is 0.0764 e. The summed E-state index contributed by atoms with van der Waals surface area (Å²) in [7, 11) is 1.98. The Hall–Kier alpha value is -0.870. The number of hydrogen-bond acceptors (Lipinski definition) is 3. The van der Waals surface area contributed by atoms with Crippen molar-refractivity contribution in [2.45, 2.75) is 51.7 Å². The summed E-state index contributed by atoms with van der Waals surface area (Å²) in [6, 6.07) is 2.78. The number of aromatic nitrogens is 2. The molecule has 4 nitrogen and oxygen atoms in total. The molecule has 1 atom stereocenters. The molecule has 1 aromatic rings. The van der Waals surface area contributed by atoms with Gasteiger partial charge in [-0.05, 0) is 46.2 Å². The topological polar surface area (TPSA) is 33.1 Å². The number of nitrogens with one attached hydrogen (secondary N) is 1. The molecule has 2 heterocycles. The van der Waals surface area contributed by atoms with Crippen LogP contribution < -0.4 is 5.32 Å². The van der Waals surface area contributed by atoms with E-state index >= 15 is 0 Å². The van der Waals surface area contributed by atoms with Crippen LogP contribution in [0.4, 0.5) is 0 Å². The molecule has 0 saturated carbocycles. The zero-order valence-electron chi connectivity index (χ0n) is 12.1. The molecule has 18 heavy (non-hydrogen) atoms. The molecule has 1 unspecified atom stereocenters. The van der Waals surface area contributed by atoms with Crippen LogP contribution in [0.3, 0.4) is 0 Å². The number of rotatable bonds is 4. The Morgan fingerprint density at radius 3 is 2.83 bits per heavy atom. The van der Waals surface area contributed by atoms with Crippen molar-refractivity contribution in [2.75, 3.05) is 13.1 Å². The summed E-state index contributed by atoms with van der Waals surface area (Å²) >= 11 is 0. The maximum absolute atomic E-state index is 4.47. The van der Waals surface area contributed by atoms with E-state index in [9.17, 15) is 0 Å². The SMILES string of the molecule is Cn1ccc(CN2CCCC2CNC(C)(C)C)n1. The fraction of sp³-hybridized carbons (Fsp3) is 0.786. The lowest BCUT2D eigenvalue weighted by molar-refractivity contribution is 0.223. The van der Waals surface area contributed by atoms with Crippen molar-refractivity contribution >= 4 is 0 Å². The van der Waals surface area contributed by atoms with Crippen molar-refractivity contribution < 1.29 is 0 Å². The summed E-state index contributed by atoms with van der Waals surface area (Å²) in [5.41, 5.74) is 1.39. The van der Waals surface area contributed by atoms with Gasteiger partial charge in [0.15, 0.2) is 0 Å². The lowest BCUT2D eigenvalue weighted by Gasteiger charge is -2.28. The lowest BCUT2D eigenvalue weighted by Crippen LogP contribution is -2.45. The van der Waals surface area contributed by atoms with Crippen LogP contribution in [-0.4, -0.2) is 39.4 Å².